The van der Waals surface area contributed by atoms with E-state index in [2.05, 4.69) is 9.51 Å². The topological polar surface area (TPSA) is 128 Å². The second-order valence-electron chi connectivity index (χ2n) is 2.90. The molecule has 0 radical (unpaired) electrons. The van der Waals surface area contributed by atoms with Gasteiger partial charge >= 0.3 is 13.6 Å². The summed E-state index contributed by atoms with van der Waals surface area (Å²) in [6.07, 6.45) is 1.08. The number of nitro groups is 1. The second kappa shape index (κ2) is 6.08. The number of phosphoric acid groups is 1. The van der Waals surface area contributed by atoms with Gasteiger partial charge in [0.25, 0.3) is 0 Å². The van der Waals surface area contributed by atoms with Crippen molar-refractivity contribution in [3.8, 4) is 0 Å². The molecule has 98 valence electrons. The second-order valence-corrected chi connectivity index (χ2v) is 4.14. The minimum atomic E-state index is -4.54. The Hall–Kier alpha value is -0.990. The van der Waals surface area contributed by atoms with E-state index < -0.39 is 12.7 Å². The summed E-state index contributed by atoms with van der Waals surface area (Å²) in [6, 6.07) is 0. The first kappa shape index (κ1) is 16.0. The van der Waals surface area contributed by atoms with Crippen LogP contribution in [0.3, 0.4) is 0 Å². The van der Waals surface area contributed by atoms with Gasteiger partial charge in [0.2, 0.25) is 0 Å². The summed E-state index contributed by atoms with van der Waals surface area (Å²) in [6.45, 7) is 1.17. The summed E-state index contributed by atoms with van der Waals surface area (Å²) in [5.41, 5.74) is 0. The van der Waals surface area contributed by atoms with Gasteiger partial charge in [0.15, 0.2) is 5.82 Å². The Labute approximate surface area is 102 Å². The third kappa shape index (κ3) is 4.80. The van der Waals surface area contributed by atoms with Crippen molar-refractivity contribution < 1.29 is 23.8 Å². The van der Waals surface area contributed by atoms with Crippen molar-refractivity contribution in [2.45, 2.75) is 13.5 Å². The highest BCUT2D eigenvalue weighted by molar-refractivity contribution is 7.46. The zero-order valence-corrected chi connectivity index (χ0v) is 10.4. The Bertz CT molecular complexity index is 443. The van der Waals surface area contributed by atoms with E-state index in [0.29, 0.717) is 5.82 Å². The molecule has 0 unspecified atom stereocenters. The molecule has 0 fully saturated rings. The highest BCUT2D eigenvalue weighted by atomic mass is 35.5. The quantitative estimate of drug-likeness (QED) is 0.462. The number of hydrogen-bond donors (Lipinski definition) is 2. The fraction of sp³-hybridized carbons (Fsp3) is 0.500. The summed E-state index contributed by atoms with van der Waals surface area (Å²) in [7, 11) is -4.54. The molecule has 0 aromatic carbocycles. The van der Waals surface area contributed by atoms with Crippen molar-refractivity contribution in [3.05, 3.63) is 22.1 Å². The van der Waals surface area contributed by atoms with Crippen LogP contribution >= 0.6 is 20.2 Å². The summed E-state index contributed by atoms with van der Waals surface area (Å²) in [4.78, 5) is 30.5. The summed E-state index contributed by atoms with van der Waals surface area (Å²) < 4.78 is 15.8. The van der Waals surface area contributed by atoms with Crippen LogP contribution in [0.1, 0.15) is 5.82 Å². The maximum atomic E-state index is 10.5. The average Bonchev–Trinajstić information content (AvgIpc) is 2.46. The van der Waals surface area contributed by atoms with Crippen LogP contribution in [-0.4, -0.2) is 30.9 Å². The molecule has 0 spiro atoms. The lowest BCUT2D eigenvalue weighted by atomic mass is 10.6. The van der Waals surface area contributed by atoms with Gasteiger partial charge < -0.3 is 19.9 Å². The number of phosphoric ester groups is 1. The van der Waals surface area contributed by atoms with Gasteiger partial charge in [-0.3, -0.25) is 4.52 Å². The van der Waals surface area contributed by atoms with E-state index in [1.807, 2.05) is 0 Å². The predicted molar refractivity (Wildman–Crippen MR) is 58.9 cm³/mol. The van der Waals surface area contributed by atoms with Gasteiger partial charge in [-0.15, -0.1) is 12.4 Å². The molecule has 2 N–H and O–H groups in total. The smallest absolute Gasteiger partial charge is 0.358 e. The minimum absolute atomic E-state index is 0. The van der Waals surface area contributed by atoms with Gasteiger partial charge in [-0.2, -0.15) is 0 Å². The molecular formula is C6H11ClN3O6P. The molecule has 0 aliphatic heterocycles. The van der Waals surface area contributed by atoms with Crippen LogP contribution in [0, 0.1) is 17.0 Å². The maximum absolute atomic E-state index is 10.5. The molecule has 1 heterocycles. The number of hydrogen-bond acceptors (Lipinski definition) is 5. The van der Waals surface area contributed by atoms with E-state index in [-0.39, 0.29) is 31.4 Å². The van der Waals surface area contributed by atoms with Crippen molar-refractivity contribution in [2.75, 3.05) is 6.61 Å². The molecule has 1 rings (SSSR count). The molecular weight excluding hydrogens is 277 g/mol. The third-order valence-corrected chi connectivity index (χ3v) is 2.31. The SMILES string of the molecule is Cc1ncc([N+](=O)[O-])n1CCOP(=O)(O)O.Cl. The molecule has 9 nitrogen and oxygen atoms in total. The molecule has 0 atom stereocenters. The first-order valence-corrected chi connectivity index (χ1v) is 5.71. The van der Waals surface area contributed by atoms with Gasteiger partial charge in [-0.25, -0.2) is 14.1 Å². The first-order valence-electron chi connectivity index (χ1n) is 4.18. The number of aryl methyl sites for hydroxylation is 1. The molecule has 0 aliphatic carbocycles. The standard InChI is InChI=1S/C6H10N3O6P.ClH/c1-5-7-4-6(9(10)11)8(5)2-3-15-16(12,13)14;/h4H,2-3H2,1H3,(H2,12,13,14);1H. The lowest BCUT2D eigenvalue weighted by Crippen LogP contribution is -2.09. The Kier molecular flexibility index (Phi) is 5.73. The van der Waals surface area contributed by atoms with E-state index in [0.717, 1.165) is 6.20 Å². The van der Waals surface area contributed by atoms with Crippen molar-refractivity contribution in [1.82, 2.24) is 9.55 Å². The molecule has 17 heavy (non-hydrogen) atoms. The van der Waals surface area contributed by atoms with E-state index in [9.17, 15) is 14.7 Å². The van der Waals surface area contributed by atoms with Gasteiger partial charge in [-0.1, -0.05) is 0 Å². The lowest BCUT2D eigenvalue weighted by molar-refractivity contribution is -0.392. The molecule has 1 aromatic heterocycles. The zero-order valence-electron chi connectivity index (χ0n) is 8.72. The van der Waals surface area contributed by atoms with E-state index in [1.165, 1.54) is 4.57 Å². The molecule has 0 saturated carbocycles. The average molecular weight is 288 g/mol. The Morgan fingerprint density at radius 1 is 1.65 bits per heavy atom. The van der Waals surface area contributed by atoms with Gasteiger partial charge in [-0.05, 0) is 4.92 Å². The van der Waals surface area contributed by atoms with Crippen LogP contribution in [0.25, 0.3) is 0 Å². The number of rotatable bonds is 5. The van der Waals surface area contributed by atoms with Crippen LogP contribution in [0.15, 0.2) is 6.20 Å². The first-order chi connectivity index (χ1) is 7.31. The van der Waals surface area contributed by atoms with Gasteiger partial charge in [0, 0.05) is 6.92 Å². The summed E-state index contributed by atoms with van der Waals surface area (Å²) in [5, 5.41) is 10.5. The number of nitrogens with zero attached hydrogens (tertiary/aromatic N) is 3. The van der Waals surface area contributed by atoms with Gasteiger partial charge in [0.05, 0.1) is 6.61 Å². The molecule has 0 aliphatic rings. The van der Waals surface area contributed by atoms with Crippen LogP contribution in [0.2, 0.25) is 0 Å². The van der Waals surface area contributed by atoms with Crippen LogP contribution in [0.5, 0.6) is 0 Å². The fourth-order valence-electron chi connectivity index (χ4n) is 1.13. The maximum Gasteiger partial charge on any atom is 0.469 e. The van der Waals surface area contributed by atoms with E-state index in [1.54, 1.807) is 6.92 Å². The molecule has 11 heteroatoms. The lowest BCUT2D eigenvalue weighted by Gasteiger charge is -2.05. The largest absolute Gasteiger partial charge is 0.469 e. The number of halogens is 1. The minimum Gasteiger partial charge on any atom is -0.358 e. The van der Waals surface area contributed by atoms with Crippen molar-refractivity contribution in [1.29, 1.82) is 0 Å². The highest BCUT2D eigenvalue weighted by Crippen LogP contribution is 2.35. The summed E-state index contributed by atoms with van der Waals surface area (Å²) in [5.74, 6) is 0.132. The normalized spacial score (nSPS) is 11.0. The number of aromatic nitrogens is 2. The Morgan fingerprint density at radius 3 is 2.71 bits per heavy atom. The highest BCUT2D eigenvalue weighted by Gasteiger charge is 2.19. The molecule has 0 bridgehead atoms. The third-order valence-electron chi connectivity index (χ3n) is 1.80. The monoisotopic (exact) mass is 287 g/mol. The zero-order chi connectivity index (χ0) is 12.3. The van der Waals surface area contributed by atoms with Crippen LogP contribution < -0.4 is 0 Å². The van der Waals surface area contributed by atoms with Crippen molar-refractivity contribution >= 4 is 26.0 Å². The Balaban J connectivity index is 0.00000256. The van der Waals surface area contributed by atoms with E-state index >= 15 is 0 Å². The van der Waals surface area contributed by atoms with Crippen LogP contribution in [0.4, 0.5) is 5.82 Å². The van der Waals surface area contributed by atoms with Gasteiger partial charge in [0.1, 0.15) is 12.7 Å². The number of imidazole rings is 1. The molecule has 1 aromatic rings. The fourth-order valence-corrected chi connectivity index (χ4v) is 1.45. The molecule has 0 saturated heterocycles. The van der Waals surface area contributed by atoms with E-state index in [4.69, 9.17) is 9.79 Å². The van der Waals surface area contributed by atoms with Crippen molar-refractivity contribution in [3.63, 3.8) is 0 Å². The van der Waals surface area contributed by atoms with Crippen LogP contribution in [-0.2, 0) is 15.6 Å². The summed E-state index contributed by atoms with van der Waals surface area (Å²) >= 11 is 0. The van der Waals surface area contributed by atoms with Crippen molar-refractivity contribution in [2.24, 2.45) is 0 Å². The Morgan fingerprint density at radius 2 is 2.24 bits per heavy atom. The molecule has 0 amide bonds. The predicted octanol–water partition coefficient (Wildman–Crippen LogP) is 0.631.